The van der Waals surface area contributed by atoms with E-state index in [4.69, 9.17) is 8.85 Å². The fourth-order valence-electron chi connectivity index (χ4n) is 1.28. The number of hydrogen-bond donors (Lipinski definition) is 0. The molecule has 0 aliphatic rings. The third kappa shape index (κ3) is 2.65. The first kappa shape index (κ1) is 10.4. The monoisotopic (exact) mass is 196 g/mol. The summed E-state index contributed by atoms with van der Waals surface area (Å²) in [4.78, 5) is 0. The van der Waals surface area contributed by atoms with Gasteiger partial charge in [-0.1, -0.05) is 31.2 Å². The molecule has 2 nitrogen and oxygen atoms in total. The number of rotatable bonds is 4. The van der Waals surface area contributed by atoms with Crippen LogP contribution in [0.2, 0.25) is 0 Å². The fraction of sp³-hybridized carbons (Fsp3) is 0.400. The number of aryl methyl sites for hydroxylation is 1. The summed E-state index contributed by atoms with van der Waals surface area (Å²) in [5.41, 5.74) is 1.35. The molecule has 0 heterocycles. The van der Waals surface area contributed by atoms with Crippen molar-refractivity contribution < 1.29 is 8.85 Å². The van der Waals surface area contributed by atoms with Gasteiger partial charge in [0.25, 0.3) is 0 Å². The second kappa shape index (κ2) is 5.17. The van der Waals surface area contributed by atoms with Crippen molar-refractivity contribution >= 4 is 14.5 Å². The van der Waals surface area contributed by atoms with Crippen LogP contribution in [0.1, 0.15) is 12.5 Å². The zero-order chi connectivity index (χ0) is 9.68. The Kier molecular flexibility index (Phi) is 4.15. The third-order valence-electron chi connectivity index (χ3n) is 2.09. The molecule has 0 bridgehead atoms. The molecule has 72 valence electrons. The number of hydrogen-bond acceptors (Lipinski definition) is 2. The summed E-state index contributed by atoms with van der Waals surface area (Å²) in [6.45, 7) is 2.15. The highest BCUT2D eigenvalue weighted by Gasteiger charge is 2.11. The van der Waals surface area contributed by atoms with E-state index in [1.165, 1.54) is 10.8 Å². The van der Waals surface area contributed by atoms with E-state index in [-0.39, 0.29) is 0 Å². The number of benzene rings is 1. The Bertz CT molecular complexity index is 242. The van der Waals surface area contributed by atoms with Crippen LogP contribution >= 0.6 is 0 Å². The van der Waals surface area contributed by atoms with Crippen molar-refractivity contribution in [3.05, 3.63) is 29.8 Å². The molecule has 0 aliphatic carbocycles. The van der Waals surface area contributed by atoms with Crippen molar-refractivity contribution in [2.24, 2.45) is 0 Å². The van der Waals surface area contributed by atoms with Gasteiger partial charge in [-0.3, -0.25) is 0 Å². The smallest absolute Gasteiger partial charge is 0.355 e. The maximum absolute atomic E-state index is 5.28. The molecule has 0 radical (unpaired) electrons. The van der Waals surface area contributed by atoms with Crippen molar-refractivity contribution in [3.8, 4) is 0 Å². The van der Waals surface area contributed by atoms with Crippen LogP contribution in [-0.4, -0.2) is 23.5 Å². The van der Waals surface area contributed by atoms with E-state index in [1.54, 1.807) is 14.2 Å². The van der Waals surface area contributed by atoms with Gasteiger partial charge in [-0.15, -0.1) is 0 Å². The molecule has 0 N–H and O–H groups in total. The zero-order valence-electron chi connectivity index (χ0n) is 8.41. The lowest BCUT2D eigenvalue weighted by Crippen LogP contribution is -2.34. The Morgan fingerprint density at radius 3 is 2.00 bits per heavy atom. The highest BCUT2D eigenvalue weighted by atomic mass is 28.3. The molecule has 3 heteroatoms. The van der Waals surface area contributed by atoms with Crippen molar-refractivity contribution in [2.45, 2.75) is 13.3 Å². The van der Waals surface area contributed by atoms with Gasteiger partial charge in [-0.05, 0) is 17.2 Å². The Morgan fingerprint density at radius 2 is 1.62 bits per heavy atom. The van der Waals surface area contributed by atoms with Crippen LogP contribution in [-0.2, 0) is 15.3 Å². The zero-order valence-corrected chi connectivity index (χ0v) is 9.57. The van der Waals surface area contributed by atoms with Gasteiger partial charge in [0.1, 0.15) is 0 Å². The Morgan fingerprint density at radius 1 is 1.08 bits per heavy atom. The van der Waals surface area contributed by atoms with Gasteiger partial charge in [0.15, 0.2) is 0 Å². The predicted molar refractivity (Wildman–Crippen MR) is 56.6 cm³/mol. The van der Waals surface area contributed by atoms with Crippen molar-refractivity contribution in [1.82, 2.24) is 0 Å². The third-order valence-corrected chi connectivity index (χ3v) is 3.87. The maximum atomic E-state index is 5.28. The standard InChI is InChI=1S/C10H16O2Si/c1-4-9-5-7-10(8-6-9)13(11-2)12-3/h5-8,13H,4H2,1-3H3. The van der Waals surface area contributed by atoms with Crippen molar-refractivity contribution in [1.29, 1.82) is 0 Å². The van der Waals surface area contributed by atoms with Gasteiger partial charge < -0.3 is 8.85 Å². The fourth-order valence-corrected chi connectivity index (χ4v) is 2.52. The first-order chi connectivity index (χ1) is 6.31. The highest BCUT2D eigenvalue weighted by Crippen LogP contribution is 1.98. The predicted octanol–water partition coefficient (Wildman–Crippen LogP) is 0.969. The van der Waals surface area contributed by atoms with Gasteiger partial charge in [0.2, 0.25) is 0 Å². The molecule has 0 aliphatic heterocycles. The van der Waals surface area contributed by atoms with Crippen LogP contribution in [0.3, 0.4) is 0 Å². The maximum Gasteiger partial charge on any atom is 0.355 e. The molecule has 0 saturated carbocycles. The molecule has 0 fully saturated rings. The minimum Gasteiger partial charge on any atom is -0.397 e. The average molecular weight is 196 g/mol. The van der Waals surface area contributed by atoms with E-state index >= 15 is 0 Å². The van der Waals surface area contributed by atoms with Crippen molar-refractivity contribution in [3.63, 3.8) is 0 Å². The molecule has 0 saturated heterocycles. The van der Waals surface area contributed by atoms with E-state index in [9.17, 15) is 0 Å². The van der Waals surface area contributed by atoms with E-state index < -0.39 is 9.28 Å². The Labute approximate surface area is 81.3 Å². The molecular formula is C10H16O2Si. The molecule has 1 rings (SSSR count). The summed E-state index contributed by atoms with van der Waals surface area (Å²) in [6, 6.07) is 8.46. The summed E-state index contributed by atoms with van der Waals surface area (Å²) >= 11 is 0. The van der Waals surface area contributed by atoms with Gasteiger partial charge in [0, 0.05) is 14.2 Å². The van der Waals surface area contributed by atoms with Crippen LogP contribution in [0, 0.1) is 0 Å². The molecule has 0 amide bonds. The van der Waals surface area contributed by atoms with Crippen molar-refractivity contribution in [2.75, 3.05) is 14.2 Å². The van der Waals surface area contributed by atoms with Crippen LogP contribution in [0.25, 0.3) is 0 Å². The quantitative estimate of drug-likeness (QED) is 0.668. The molecule has 13 heavy (non-hydrogen) atoms. The second-order valence-electron chi connectivity index (χ2n) is 2.90. The lowest BCUT2D eigenvalue weighted by atomic mass is 10.2. The first-order valence-electron chi connectivity index (χ1n) is 4.46. The molecule has 0 atom stereocenters. The lowest BCUT2D eigenvalue weighted by Gasteiger charge is -2.11. The minimum absolute atomic E-state index is 1.08. The lowest BCUT2D eigenvalue weighted by molar-refractivity contribution is 0.292. The van der Waals surface area contributed by atoms with E-state index in [1.807, 2.05) is 0 Å². The van der Waals surface area contributed by atoms with E-state index in [2.05, 4.69) is 31.2 Å². The van der Waals surface area contributed by atoms with Crippen LogP contribution in [0.4, 0.5) is 0 Å². The molecule has 0 spiro atoms. The van der Waals surface area contributed by atoms with Gasteiger partial charge in [0.05, 0.1) is 0 Å². The van der Waals surface area contributed by atoms with Gasteiger partial charge >= 0.3 is 9.28 Å². The summed E-state index contributed by atoms with van der Waals surface area (Å²) in [5.74, 6) is 0. The SMILES string of the molecule is CCc1ccc([SiH](OC)OC)cc1. The summed E-state index contributed by atoms with van der Waals surface area (Å²) < 4.78 is 10.6. The summed E-state index contributed by atoms with van der Waals surface area (Å²) in [7, 11) is 1.82. The molecular weight excluding hydrogens is 180 g/mol. The van der Waals surface area contributed by atoms with Crippen LogP contribution in [0.5, 0.6) is 0 Å². The molecule has 1 aromatic carbocycles. The second-order valence-corrected chi connectivity index (χ2v) is 5.17. The Hall–Kier alpha value is -0.643. The molecule has 1 aromatic rings. The Balaban J connectivity index is 2.78. The van der Waals surface area contributed by atoms with E-state index in [0.717, 1.165) is 6.42 Å². The highest BCUT2D eigenvalue weighted by molar-refractivity contribution is 6.61. The van der Waals surface area contributed by atoms with Gasteiger partial charge in [-0.25, -0.2) is 0 Å². The average Bonchev–Trinajstić information content (AvgIpc) is 2.21. The molecule has 0 unspecified atom stereocenters. The largest absolute Gasteiger partial charge is 0.397 e. The van der Waals surface area contributed by atoms with Crippen LogP contribution < -0.4 is 5.19 Å². The summed E-state index contributed by atoms with van der Waals surface area (Å²) in [5, 5.41) is 1.20. The van der Waals surface area contributed by atoms with Gasteiger partial charge in [-0.2, -0.15) is 0 Å². The first-order valence-corrected chi connectivity index (χ1v) is 5.98. The normalized spacial score (nSPS) is 10.8. The topological polar surface area (TPSA) is 18.5 Å². The minimum atomic E-state index is -1.58. The summed E-state index contributed by atoms with van der Waals surface area (Å²) in [6.07, 6.45) is 1.08. The van der Waals surface area contributed by atoms with Crippen LogP contribution in [0.15, 0.2) is 24.3 Å². The van der Waals surface area contributed by atoms with E-state index in [0.29, 0.717) is 0 Å². The molecule has 0 aromatic heterocycles.